The number of amides is 1. The molecule has 4 nitrogen and oxygen atoms in total. The zero-order valence-electron chi connectivity index (χ0n) is 13.0. The van der Waals surface area contributed by atoms with Crippen LogP contribution in [0.2, 0.25) is 0 Å². The maximum Gasteiger partial charge on any atom is 0.224 e. The SMILES string of the molecule is CNCCC(=O)N1CCCCC1c1cc2ccccc2[nH]1.Cl. The van der Waals surface area contributed by atoms with Gasteiger partial charge in [0.1, 0.15) is 0 Å². The van der Waals surface area contributed by atoms with Crippen LogP contribution in [-0.4, -0.2) is 35.9 Å². The highest BCUT2D eigenvalue weighted by Crippen LogP contribution is 2.32. The van der Waals surface area contributed by atoms with Crippen molar-refractivity contribution in [3.05, 3.63) is 36.0 Å². The minimum atomic E-state index is 0. The van der Waals surface area contributed by atoms with Gasteiger partial charge in [0.05, 0.1) is 6.04 Å². The third-order valence-electron chi connectivity index (χ3n) is 4.32. The van der Waals surface area contributed by atoms with Gasteiger partial charge in [-0.2, -0.15) is 0 Å². The summed E-state index contributed by atoms with van der Waals surface area (Å²) in [5.41, 5.74) is 2.33. The van der Waals surface area contributed by atoms with Crippen molar-refractivity contribution in [1.29, 1.82) is 0 Å². The monoisotopic (exact) mass is 321 g/mol. The Labute approximate surface area is 137 Å². The quantitative estimate of drug-likeness (QED) is 0.908. The Kier molecular flexibility index (Phi) is 5.86. The fourth-order valence-electron chi connectivity index (χ4n) is 3.20. The van der Waals surface area contributed by atoms with Crippen LogP contribution in [0, 0.1) is 0 Å². The number of fused-ring (bicyclic) bond motifs is 1. The predicted molar refractivity (Wildman–Crippen MR) is 92.4 cm³/mol. The lowest BCUT2D eigenvalue weighted by Crippen LogP contribution is -2.39. The van der Waals surface area contributed by atoms with Gasteiger partial charge in [0, 0.05) is 30.7 Å². The molecular weight excluding hydrogens is 298 g/mol. The molecule has 2 heterocycles. The summed E-state index contributed by atoms with van der Waals surface area (Å²) >= 11 is 0. The van der Waals surface area contributed by atoms with E-state index < -0.39 is 0 Å². The van der Waals surface area contributed by atoms with E-state index >= 15 is 0 Å². The molecule has 2 aromatic rings. The number of para-hydroxylation sites is 1. The number of aromatic amines is 1. The molecule has 1 aliphatic rings. The van der Waals surface area contributed by atoms with Gasteiger partial charge in [-0.3, -0.25) is 4.79 Å². The fourth-order valence-corrected chi connectivity index (χ4v) is 3.20. The van der Waals surface area contributed by atoms with Gasteiger partial charge in [-0.1, -0.05) is 18.2 Å². The second kappa shape index (κ2) is 7.65. The van der Waals surface area contributed by atoms with Gasteiger partial charge in [0.25, 0.3) is 0 Å². The van der Waals surface area contributed by atoms with E-state index in [0.29, 0.717) is 6.42 Å². The number of halogens is 1. The van der Waals surface area contributed by atoms with E-state index in [0.717, 1.165) is 31.4 Å². The summed E-state index contributed by atoms with van der Waals surface area (Å²) in [6.07, 6.45) is 3.93. The molecule has 1 saturated heterocycles. The lowest BCUT2D eigenvalue weighted by molar-refractivity contribution is -0.135. The van der Waals surface area contributed by atoms with Gasteiger partial charge in [0.2, 0.25) is 5.91 Å². The zero-order valence-corrected chi connectivity index (χ0v) is 13.8. The number of hydrogen-bond donors (Lipinski definition) is 2. The summed E-state index contributed by atoms with van der Waals surface area (Å²) in [5, 5.41) is 4.28. The minimum Gasteiger partial charge on any atom is -0.357 e. The van der Waals surface area contributed by atoms with Crippen LogP contribution < -0.4 is 5.32 Å². The Hall–Kier alpha value is -1.52. The molecule has 1 amide bonds. The summed E-state index contributed by atoms with van der Waals surface area (Å²) in [4.78, 5) is 18.0. The largest absolute Gasteiger partial charge is 0.357 e. The second-order valence-electron chi connectivity index (χ2n) is 5.76. The predicted octanol–water partition coefficient (Wildman–Crippen LogP) is 3.25. The third-order valence-corrected chi connectivity index (χ3v) is 4.32. The number of rotatable bonds is 4. The number of H-pyrrole nitrogens is 1. The Morgan fingerprint density at radius 2 is 2.18 bits per heavy atom. The molecule has 3 rings (SSSR count). The first kappa shape index (κ1) is 16.8. The van der Waals surface area contributed by atoms with Crippen LogP contribution in [0.4, 0.5) is 0 Å². The Morgan fingerprint density at radius 3 is 2.95 bits per heavy atom. The molecule has 1 aromatic heterocycles. The molecular formula is C17H24ClN3O. The Morgan fingerprint density at radius 1 is 1.36 bits per heavy atom. The standard InChI is InChI=1S/C17H23N3O.ClH/c1-18-10-9-17(21)20-11-5-4-8-16(20)15-12-13-6-2-3-7-14(13)19-15;/h2-3,6-7,12,16,18-19H,4-5,8-11H2,1H3;1H. The summed E-state index contributed by atoms with van der Waals surface area (Å²) < 4.78 is 0. The smallest absolute Gasteiger partial charge is 0.224 e. The highest BCUT2D eigenvalue weighted by Gasteiger charge is 2.28. The van der Waals surface area contributed by atoms with E-state index in [2.05, 4.69) is 39.5 Å². The van der Waals surface area contributed by atoms with Gasteiger partial charge in [-0.25, -0.2) is 0 Å². The van der Waals surface area contributed by atoms with Crippen molar-refractivity contribution in [3.8, 4) is 0 Å². The normalized spacial score (nSPS) is 18.2. The summed E-state index contributed by atoms with van der Waals surface area (Å²) in [6, 6.07) is 10.7. The molecule has 0 aliphatic carbocycles. The molecule has 1 aliphatic heterocycles. The molecule has 1 aromatic carbocycles. The van der Waals surface area contributed by atoms with Gasteiger partial charge in [0.15, 0.2) is 0 Å². The lowest BCUT2D eigenvalue weighted by atomic mass is 9.98. The Bertz CT molecular complexity index is 592. The topological polar surface area (TPSA) is 48.1 Å². The van der Waals surface area contributed by atoms with Crippen LogP contribution in [0.1, 0.15) is 37.4 Å². The van der Waals surface area contributed by atoms with E-state index in [-0.39, 0.29) is 24.4 Å². The number of hydrogen-bond acceptors (Lipinski definition) is 2. The molecule has 1 unspecified atom stereocenters. The zero-order chi connectivity index (χ0) is 14.7. The fraction of sp³-hybridized carbons (Fsp3) is 0.471. The molecule has 0 radical (unpaired) electrons. The molecule has 0 spiro atoms. The third kappa shape index (κ3) is 3.45. The van der Waals surface area contributed by atoms with Gasteiger partial charge >= 0.3 is 0 Å². The van der Waals surface area contributed by atoms with Crippen LogP contribution in [0.25, 0.3) is 10.9 Å². The summed E-state index contributed by atoms with van der Waals surface area (Å²) in [5.74, 6) is 0.257. The number of carbonyl (C=O) groups excluding carboxylic acids is 1. The highest BCUT2D eigenvalue weighted by atomic mass is 35.5. The second-order valence-corrected chi connectivity index (χ2v) is 5.76. The van der Waals surface area contributed by atoms with Crippen molar-refractivity contribution >= 4 is 29.2 Å². The number of carbonyl (C=O) groups is 1. The van der Waals surface area contributed by atoms with Gasteiger partial charge in [-0.05, 0) is 43.8 Å². The van der Waals surface area contributed by atoms with Crippen molar-refractivity contribution in [2.24, 2.45) is 0 Å². The number of nitrogens with one attached hydrogen (secondary N) is 2. The number of piperidine rings is 1. The van der Waals surface area contributed by atoms with Crippen LogP contribution in [0.15, 0.2) is 30.3 Å². The van der Waals surface area contributed by atoms with E-state index in [9.17, 15) is 4.79 Å². The molecule has 120 valence electrons. The van der Waals surface area contributed by atoms with E-state index in [1.807, 2.05) is 13.1 Å². The molecule has 0 saturated carbocycles. The van der Waals surface area contributed by atoms with E-state index in [1.54, 1.807) is 0 Å². The van der Waals surface area contributed by atoms with Crippen LogP contribution >= 0.6 is 12.4 Å². The highest BCUT2D eigenvalue weighted by molar-refractivity contribution is 5.85. The first-order valence-electron chi connectivity index (χ1n) is 7.81. The molecule has 0 bridgehead atoms. The van der Waals surface area contributed by atoms with Crippen molar-refractivity contribution in [3.63, 3.8) is 0 Å². The molecule has 1 atom stereocenters. The minimum absolute atomic E-state index is 0. The van der Waals surface area contributed by atoms with E-state index in [4.69, 9.17) is 0 Å². The van der Waals surface area contributed by atoms with Crippen LogP contribution in [0.3, 0.4) is 0 Å². The maximum atomic E-state index is 12.4. The van der Waals surface area contributed by atoms with Crippen LogP contribution in [0.5, 0.6) is 0 Å². The van der Waals surface area contributed by atoms with Crippen molar-refractivity contribution in [2.45, 2.75) is 31.7 Å². The summed E-state index contributed by atoms with van der Waals surface area (Å²) in [7, 11) is 1.89. The van der Waals surface area contributed by atoms with Crippen LogP contribution in [-0.2, 0) is 4.79 Å². The first-order chi connectivity index (χ1) is 10.3. The molecule has 5 heteroatoms. The Balaban J connectivity index is 0.00000176. The maximum absolute atomic E-state index is 12.4. The number of aromatic nitrogens is 1. The van der Waals surface area contributed by atoms with Gasteiger partial charge in [-0.15, -0.1) is 12.4 Å². The average molecular weight is 322 g/mol. The van der Waals surface area contributed by atoms with Crippen molar-refractivity contribution in [1.82, 2.24) is 15.2 Å². The number of nitrogens with zero attached hydrogens (tertiary/aromatic N) is 1. The molecule has 2 N–H and O–H groups in total. The van der Waals surface area contributed by atoms with E-state index in [1.165, 1.54) is 17.5 Å². The lowest BCUT2D eigenvalue weighted by Gasteiger charge is -2.35. The number of benzene rings is 1. The summed E-state index contributed by atoms with van der Waals surface area (Å²) in [6.45, 7) is 1.62. The van der Waals surface area contributed by atoms with Crippen molar-refractivity contribution in [2.75, 3.05) is 20.1 Å². The van der Waals surface area contributed by atoms with Gasteiger partial charge < -0.3 is 15.2 Å². The average Bonchev–Trinajstić information content (AvgIpc) is 2.96. The number of likely N-dealkylation sites (tertiary alicyclic amines) is 1. The first-order valence-corrected chi connectivity index (χ1v) is 7.81. The molecule has 1 fully saturated rings. The van der Waals surface area contributed by atoms with Crippen molar-refractivity contribution < 1.29 is 4.79 Å². The molecule has 22 heavy (non-hydrogen) atoms.